The van der Waals surface area contributed by atoms with Crippen LogP contribution in [0.25, 0.3) is 0 Å². The normalized spacial score (nSPS) is 15.0. The fourth-order valence-electron chi connectivity index (χ4n) is 3.00. The lowest BCUT2D eigenvalue weighted by Gasteiger charge is -2.36. The van der Waals surface area contributed by atoms with Crippen LogP contribution in [0.5, 0.6) is 0 Å². The van der Waals surface area contributed by atoms with Crippen molar-refractivity contribution in [1.82, 2.24) is 4.90 Å². The van der Waals surface area contributed by atoms with E-state index in [4.69, 9.17) is 0 Å². The summed E-state index contributed by atoms with van der Waals surface area (Å²) < 4.78 is 52.0. The highest BCUT2D eigenvalue weighted by Gasteiger charge is 2.30. The lowest BCUT2D eigenvalue weighted by Crippen LogP contribution is -2.50. The number of hydrogen-bond acceptors (Lipinski definition) is 3. The van der Waals surface area contributed by atoms with Crippen LogP contribution in [0.3, 0.4) is 0 Å². The number of piperazine rings is 1. The molecule has 0 bridgehead atoms. The number of carbonyl (C=O) groups is 1. The van der Waals surface area contributed by atoms with Crippen molar-refractivity contribution in [3.05, 3.63) is 59.9 Å². The van der Waals surface area contributed by atoms with Crippen molar-refractivity contribution in [2.75, 3.05) is 42.9 Å². The van der Waals surface area contributed by atoms with Gasteiger partial charge in [0.2, 0.25) is 5.91 Å². The largest absolute Gasteiger partial charge is 0.416 e. The van der Waals surface area contributed by atoms with E-state index < -0.39 is 11.7 Å². The number of carbonyl (C=O) groups excluding carboxylic acids is 1. The maximum absolute atomic E-state index is 13.8. The third-order valence-corrected chi connectivity index (χ3v) is 4.46. The summed E-state index contributed by atoms with van der Waals surface area (Å²) >= 11 is 0. The molecule has 0 unspecified atom stereocenters. The van der Waals surface area contributed by atoms with Crippen LogP contribution in [0.1, 0.15) is 5.56 Å². The first-order valence-electron chi connectivity index (χ1n) is 8.53. The lowest BCUT2D eigenvalue weighted by atomic mass is 10.2. The molecule has 4 nitrogen and oxygen atoms in total. The molecule has 8 heteroatoms. The zero-order valence-corrected chi connectivity index (χ0v) is 14.5. The van der Waals surface area contributed by atoms with Gasteiger partial charge in [-0.05, 0) is 30.3 Å². The van der Waals surface area contributed by atoms with E-state index in [0.717, 1.165) is 12.1 Å². The highest BCUT2D eigenvalue weighted by molar-refractivity contribution is 5.81. The van der Waals surface area contributed by atoms with Gasteiger partial charge >= 0.3 is 6.18 Å². The molecule has 0 spiro atoms. The van der Waals surface area contributed by atoms with Crippen molar-refractivity contribution in [1.29, 1.82) is 0 Å². The highest BCUT2D eigenvalue weighted by atomic mass is 19.4. The van der Waals surface area contributed by atoms with E-state index in [1.165, 1.54) is 18.2 Å². The summed E-state index contributed by atoms with van der Waals surface area (Å²) in [7, 11) is 0. The Labute approximate surface area is 154 Å². The van der Waals surface area contributed by atoms with Crippen molar-refractivity contribution in [3.63, 3.8) is 0 Å². The fourth-order valence-corrected chi connectivity index (χ4v) is 3.00. The van der Waals surface area contributed by atoms with Crippen molar-refractivity contribution >= 4 is 17.3 Å². The Balaban J connectivity index is 1.52. The van der Waals surface area contributed by atoms with Crippen LogP contribution >= 0.6 is 0 Å². The first-order valence-corrected chi connectivity index (χ1v) is 8.53. The molecule has 0 aliphatic carbocycles. The standard InChI is InChI=1S/C19H19F4N3O/c20-16-6-1-2-7-17(16)25-8-10-26(11-9-25)18(27)13-24-15-5-3-4-14(12-15)19(21,22)23/h1-7,12,24H,8-11,13H2. The van der Waals surface area contributed by atoms with E-state index in [2.05, 4.69) is 5.32 Å². The van der Waals surface area contributed by atoms with Gasteiger partial charge in [-0.25, -0.2) is 4.39 Å². The Morgan fingerprint density at radius 1 is 1.00 bits per heavy atom. The van der Waals surface area contributed by atoms with Crippen LogP contribution in [0.15, 0.2) is 48.5 Å². The second-order valence-corrected chi connectivity index (χ2v) is 6.25. The summed E-state index contributed by atoms with van der Waals surface area (Å²) in [5, 5.41) is 2.74. The highest BCUT2D eigenvalue weighted by Crippen LogP contribution is 2.30. The van der Waals surface area contributed by atoms with E-state index in [-0.39, 0.29) is 24.0 Å². The second-order valence-electron chi connectivity index (χ2n) is 6.25. The number of nitrogens with one attached hydrogen (secondary N) is 1. The van der Waals surface area contributed by atoms with Gasteiger partial charge < -0.3 is 15.1 Å². The second kappa shape index (κ2) is 7.85. The summed E-state index contributed by atoms with van der Waals surface area (Å²) in [6.07, 6.45) is -4.43. The summed E-state index contributed by atoms with van der Waals surface area (Å²) in [4.78, 5) is 15.8. The zero-order valence-electron chi connectivity index (χ0n) is 14.5. The van der Waals surface area contributed by atoms with E-state index in [0.29, 0.717) is 31.9 Å². The fraction of sp³-hybridized carbons (Fsp3) is 0.316. The molecule has 0 aromatic heterocycles. The molecule has 0 radical (unpaired) electrons. The number of hydrogen-bond donors (Lipinski definition) is 1. The van der Waals surface area contributed by atoms with Gasteiger partial charge in [-0.15, -0.1) is 0 Å². The molecule has 1 aliphatic heterocycles. The quantitative estimate of drug-likeness (QED) is 0.822. The van der Waals surface area contributed by atoms with Gasteiger partial charge in [0.1, 0.15) is 5.82 Å². The molecule has 144 valence electrons. The molecule has 0 saturated carbocycles. The first kappa shape index (κ1) is 19.0. The minimum Gasteiger partial charge on any atom is -0.376 e. The predicted molar refractivity (Wildman–Crippen MR) is 95.1 cm³/mol. The maximum Gasteiger partial charge on any atom is 0.416 e. The van der Waals surface area contributed by atoms with Gasteiger partial charge in [0.25, 0.3) is 0 Å². The molecule has 1 fully saturated rings. The third kappa shape index (κ3) is 4.69. The molecule has 2 aromatic rings. The van der Waals surface area contributed by atoms with Crippen LogP contribution in [0.2, 0.25) is 0 Å². The Hall–Kier alpha value is -2.77. The number of halogens is 4. The van der Waals surface area contributed by atoms with Crippen molar-refractivity contribution < 1.29 is 22.4 Å². The lowest BCUT2D eigenvalue weighted by molar-refractivity contribution is -0.137. The SMILES string of the molecule is O=C(CNc1cccc(C(F)(F)F)c1)N1CCN(c2ccccc2F)CC1. The molecule has 3 rings (SSSR count). The molecular weight excluding hydrogens is 362 g/mol. The summed E-state index contributed by atoms with van der Waals surface area (Å²) in [6.45, 7) is 1.75. The molecule has 1 heterocycles. The summed E-state index contributed by atoms with van der Waals surface area (Å²) in [5.41, 5.74) is -0.0201. The minimum atomic E-state index is -4.43. The van der Waals surface area contributed by atoms with Gasteiger partial charge in [0.05, 0.1) is 17.8 Å². The molecule has 1 saturated heterocycles. The van der Waals surface area contributed by atoms with Crippen LogP contribution in [-0.4, -0.2) is 43.5 Å². The van der Waals surface area contributed by atoms with Gasteiger partial charge in [0, 0.05) is 31.9 Å². The van der Waals surface area contributed by atoms with Crippen molar-refractivity contribution in [3.8, 4) is 0 Å². The Bertz CT molecular complexity index is 802. The molecule has 2 aromatic carbocycles. The minimum absolute atomic E-state index is 0.0962. The van der Waals surface area contributed by atoms with Gasteiger partial charge in [-0.1, -0.05) is 18.2 Å². The van der Waals surface area contributed by atoms with Crippen LogP contribution in [-0.2, 0) is 11.0 Å². The monoisotopic (exact) mass is 381 g/mol. The van der Waals surface area contributed by atoms with Crippen LogP contribution in [0, 0.1) is 5.82 Å². The molecule has 0 atom stereocenters. The number of anilines is 2. The average molecular weight is 381 g/mol. The Morgan fingerprint density at radius 2 is 1.70 bits per heavy atom. The number of amides is 1. The zero-order chi connectivity index (χ0) is 19.4. The number of rotatable bonds is 4. The molecule has 1 aliphatic rings. The molecular formula is C19H19F4N3O. The Morgan fingerprint density at radius 3 is 2.37 bits per heavy atom. The number of nitrogens with zero attached hydrogens (tertiary/aromatic N) is 2. The van der Waals surface area contributed by atoms with E-state index in [1.54, 1.807) is 23.1 Å². The number of para-hydroxylation sites is 1. The summed E-state index contributed by atoms with van der Waals surface area (Å²) in [6, 6.07) is 11.2. The smallest absolute Gasteiger partial charge is 0.376 e. The molecule has 1 amide bonds. The van der Waals surface area contributed by atoms with Crippen LogP contribution < -0.4 is 10.2 Å². The maximum atomic E-state index is 13.8. The third-order valence-electron chi connectivity index (χ3n) is 4.46. The Kier molecular flexibility index (Phi) is 5.53. The number of benzene rings is 2. The van der Waals surface area contributed by atoms with Gasteiger partial charge in [-0.2, -0.15) is 13.2 Å². The molecule has 1 N–H and O–H groups in total. The van der Waals surface area contributed by atoms with Crippen molar-refractivity contribution in [2.24, 2.45) is 0 Å². The van der Waals surface area contributed by atoms with E-state index >= 15 is 0 Å². The van der Waals surface area contributed by atoms with Crippen LogP contribution in [0.4, 0.5) is 28.9 Å². The van der Waals surface area contributed by atoms with Crippen molar-refractivity contribution in [2.45, 2.75) is 6.18 Å². The predicted octanol–water partition coefficient (Wildman–Crippen LogP) is 3.61. The van der Waals surface area contributed by atoms with E-state index in [9.17, 15) is 22.4 Å². The topological polar surface area (TPSA) is 35.6 Å². The van der Waals surface area contributed by atoms with Gasteiger partial charge in [-0.3, -0.25) is 4.79 Å². The molecule has 27 heavy (non-hydrogen) atoms. The van der Waals surface area contributed by atoms with Gasteiger partial charge in [0.15, 0.2) is 0 Å². The van der Waals surface area contributed by atoms with E-state index in [1.807, 2.05) is 4.90 Å². The average Bonchev–Trinajstić information content (AvgIpc) is 2.66. The number of alkyl halides is 3. The summed E-state index contributed by atoms with van der Waals surface area (Å²) in [5.74, 6) is -0.510. The first-order chi connectivity index (χ1) is 12.8.